The molecule has 0 amide bonds. The highest BCUT2D eigenvalue weighted by Gasteiger charge is 1.90. The first kappa shape index (κ1) is 13.5. The first-order valence-electron chi connectivity index (χ1n) is 6.20. The second-order valence-electron chi connectivity index (χ2n) is 3.84. The van der Waals surface area contributed by atoms with Crippen LogP contribution in [0.5, 0.6) is 0 Å². The van der Waals surface area contributed by atoms with Crippen LogP contribution in [0, 0.1) is 0 Å². The normalized spacial score (nSPS) is 12.6. The van der Waals surface area contributed by atoms with Gasteiger partial charge in [-0.1, -0.05) is 63.8 Å². The molecule has 0 heteroatoms. The van der Waals surface area contributed by atoms with Gasteiger partial charge >= 0.3 is 0 Å². The molecule has 0 rings (SSSR count). The van der Waals surface area contributed by atoms with Crippen molar-refractivity contribution in [2.45, 2.75) is 65.7 Å². The topological polar surface area (TPSA) is 0 Å². The van der Waals surface area contributed by atoms with E-state index in [0.717, 1.165) is 6.42 Å². The van der Waals surface area contributed by atoms with E-state index in [9.17, 15) is 0 Å². The minimum atomic E-state index is 1.16. The average molecular weight is 194 g/mol. The van der Waals surface area contributed by atoms with Gasteiger partial charge in [-0.25, -0.2) is 0 Å². The van der Waals surface area contributed by atoms with Gasteiger partial charge in [0.25, 0.3) is 0 Å². The van der Waals surface area contributed by atoms with E-state index in [1.54, 1.807) is 0 Å². The minimum absolute atomic E-state index is 1.16. The zero-order valence-electron chi connectivity index (χ0n) is 10.2. The van der Waals surface area contributed by atoms with Crippen LogP contribution in [0.15, 0.2) is 23.8 Å². The molecular formula is C14H26. The van der Waals surface area contributed by atoms with Gasteiger partial charge in [0.1, 0.15) is 0 Å². The molecule has 0 aliphatic heterocycles. The predicted octanol–water partition coefficient (Wildman–Crippen LogP) is 5.26. The van der Waals surface area contributed by atoms with Crippen LogP contribution < -0.4 is 0 Å². The molecule has 82 valence electrons. The summed E-state index contributed by atoms with van der Waals surface area (Å²) >= 11 is 0. The number of allylic oxidation sites excluding steroid dienone is 4. The Morgan fingerprint density at radius 3 is 2.29 bits per heavy atom. The Kier molecular flexibility index (Phi) is 10.2. The largest absolute Gasteiger partial charge is 0.0843 e. The summed E-state index contributed by atoms with van der Waals surface area (Å²) in [7, 11) is 0. The molecule has 0 bridgehead atoms. The SMILES string of the molecule is CCC=C(/C=C\CCCC)CCCC. The second-order valence-corrected chi connectivity index (χ2v) is 3.84. The Labute approximate surface area is 90.1 Å². The fourth-order valence-electron chi connectivity index (χ4n) is 1.45. The van der Waals surface area contributed by atoms with Gasteiger partial charge in [0, 0.05) is 0 Å². The van der Waals surface area contributed by atoms with E-state index in [1.807, 2.05) is 0 Å². The van der Waals surface area contributed by atoms with E-state index in [-0.39, 0.29) is 0 Å². The fourth-order valence-corrected chi connectivity index (χ4v) is 1.45. The standard InChI is InChI=1S/C14H26/c1-4-7-9-10-13-14(11-6-3)12-8-5-2/h10-11,13H,4-9,12H2,1-3H3/b13-10-,14-11?. The van der Waals surface area contributed by atoms with Gasteiger partial charge in [0.05, 0.1) is 0 Å². The van der Waals surface area contributed by atoms with Crippen molar-refractivity contribution in [1.82, 2.24) is 0 Å². The van der Waals surface area contributed by atoms with Crippen molar-refractivity contribution in [2.75, 3.05) is 0 Å². The van der Waals surface area contributed by atoms with Crippen molar-refractivity contribution in [3.05, 3.63) is 23.8 Å². The lowest BCUT2D eigenvalue weighted by Gasteiger charge is -2.00. The molecule has 0 unspecified atom stereocenters. The van der Waals surface area contributed by atoms with Gasteiger partial charge in [0.2, 0.25) is 0 Å². The summed E-state index contributed by atoms with van der Waals surface area (Å²) in [5.74, 6) is 0. The molecule has 0 radical (unpaired) electrons. The number of hydrogen-bond acceptors (Lipinski definition) is 0. The van der Waals surface area contributed by atoms with Gasteiger partial charge in [-0.2, -0.15) is 0 Å². The summed E-state index contributed by atoms with van der Waals surface area (Å²) < 4.78 is 0. The lowest BCUT2D eigenvalue weighted by molar-refractivity contribution is 0.790. The van der Waals surface area contributed by atoms with Crippen LogP contribution in [0.4, 0.5) is 0 Å². The molecule has 0 saturated heterocycles. The van der Waals surface area contributed by atoms with Crippen molar-refractivity contribution >= 4 is 0 Å². The number of unbranched alkanes of at least 4 members (excludes halogenated alkanes) is 3. The van der Waals surface area contributed by atoms with Crippen molar-refractivity contribution in [2.24, 2.45) is 0 Å². The molecule has 0 aromatic carbocycles. The lowest BCUT2D eigenvalue weighted by Crippen LogP contribution is -1.80. The molecular weight excluding hydrogens is 168 g/mol. The molecule has 0 fully saturated rings. The maximum atomic E-state index is 2.36. The quantitative estimate of drug-likeness (QED) is 0.365. The molecule has 0 aliphatic rings. The van der Waals surface area contributed by atoms with Gasteiger partial charge in [-0.05, 0) is 25.7 Å². The van der Waals surface area contributed by atoms with E-state index in [0.29, 0.717) is 0 Å². The molecule has 0 aromatic rings. The first-order valence-corrected chi connectivity index (χ1v) is 6.20. The van der Waals surface area contributed by atoms with Crippen molar-refractivity contribution in [3.8, 4) is 0 Å². The van der Waals surface area contributed by atoms with Crippen LogP contribution in [0.25, 0.3) is 0 Å². The van der Waals surface area contributed by atoms with E-state index in [4.69, 9.17) is 0 Å². The Balaban J connectivity index is 3.83. The highest BCUT2D eigenvalue weighted by Crippen LogP contribution is 2.10. The zero-order valence-corrected chi connectivity index (χ0v) is 10.2. The highest BCUT2D eigenvalue weighted by atomic mass is 14.0. The van der Waals surface area contributed by atoms with Crippen LogP contribution in [0.3, 0.4) is 0 Å². The summed E-state index contributed by atoms with van der Waals surface area (Å²) in [6, 6.07) is 0. The Bertz CT molecular complexity index is 163. The summed E-state index contributed by atoms with van der Waals surface area (Å²) in [6.45, 7) is 6.71. The minimum Gasteiger partial charge on any atom is -0.0843 e. The molecule has 0 aliphatic carbocycles. The Morgan fingerprint density at radius 1 is 1.00 bits per heavy atom. The van der Waals surface area contributed by atoms with Crippen LogP contribution in [-0.2, 0) is 0 Å². The third kappa shape index (κ3) is 8.10. The van der Waals surface area contributed by atoms with Crippen LogP contribution >= 0.6 is 0 Å². The van der Waals surface area contributed by atoms with Crippen molar-refractivity contribution in [3.63, 3.8) is 0 Å². The van der Waals surface area contributed by atoms with E-state index in [2.05, 4.69) is 39.0 Å². The maximum absolute atomic E-state index is 2.36. The van der Waals surface area contributed by atoms with Gasteiger partial charge in [0.15, 0.2) is 0 Å². The molecule has 0 nitrogen and oxygen atoms in total. The van der Waals surface area contributed by atoms with Crippen molar-refractivity contribution in [1.29, 1.82) is 0 Å². The zero-order chi connectivity index (χ0) is 10.6. The van der Waals surface area contributed by atoms with Gasteiger partial charge in [-0.3, -0.25) is 0 Å². The smallest absolute Gasteiger partial charge is 0.0282 e. The van der Waals surface area contributed by atoms with Gasteiger partial charge < -0.3 is 0 Å². The van der Waals surface area contributed by atoms with E-state index in [1.165, 1.54) is 44.1 Å². The van der Waals surface area contributed by atoms with Crippen LogP contribution in [0.1, 0.15) is 65.7 Å². The molecule has 0 spiro atoms. The first-order chi connectivity index (χ1) is 6.85. The second kappa shape index (κ2) is 10.6. The molecule has 0 N–H and O–H groups in total. The van der Waals surface area contributed by atoms with Crippen LogP contribution in [-0.4, -0.2) is 0 Å². The van der Waals surface area contributed by atoms with E-state index >= 15 is 0 Å². The monoisotopic (exact) mass is 194 g/mol. The van der Waals surface area contributed by atoms with Crippen molar-refractivity contribution < 1.29 is 0 Å². The van der Waals surface area contributed by atoms with Crippen LogP contribution in [0.2, 0.25) is 0 Å². The third-order valence-corrected chi connectivity index (χ3v) is 2.34. The Morgan fingerprint density at radius 2 is 1.71 bits per heavy atom. The highest BCUT2D eigenvalue weighted by molar-refractivity contribution is 5.18. The molecule has 0 atom stereocenters. The Hall–Kier alpha value is -0.520. The molecule has 14 heavy (non-hydrogen) atoms. The number of rotatable bonds is 8. The van der Waals surface area contributed by atoms with E-state index < -0.39 is 0 Å². The molecule has 0 aromatic heterocycles. The average Bonchev–Trinajstić information content (AvgIpc) is 2.20. The summed E-state index contributed by atoms with van der Waals surface area (Å²) in [5, 5.41) is 0. The summed E-state index contributed by atoms with van der Waals surface area (Å²) in [5.41, 5.74) is 1.53. The van der Waals surface area contributed by atoms with Gasteiger partial charge in [-0.15, -0.1) is 0 Å². The predicted molar refractivity (Wildman–Crippen MR) is 66.6 cm³/mol. The fraction of sp³-hybridized carbons (Fsp3) is 0.714. The summed E-state index contributed by atoms with van der Waals surface area (Å²) in [6.07, 6.45) is 15.9. The number of hydrogen-bond donors (Lipinski definition) is 0. The molecule has 0 saturated carbocycles. The lowest BCUT2D eigenvalue weighted by atomic mass is 10.1. The maximum Gasteiger partial charge on any atom is -0.0282 e. The third-order valence-electron chi connectivity index (χ3n) is 2.34. The summed E-state index contributed by atoms with van der Waals surface area (Å²) in [4.78, 5) is 0. The molecule has 0 heterocycles.